The summed E-state index contributed by atoms with van der Waals surface area (Å²) < 4.78 is 1.74. The summed E-state index contributed by atoms with van der Waals surface area (Å²) in [5.74, 6) is 0.775. The maximum absolute atomic E-state index is 6.36. The Kier molecular flexibility index (Phi) is 6.10. The van der Waals surface area contributed by atoms with E-state index in [4.69, 9.17) is 17.9 Å². The Labute approximate surface area is 199 Å². The van der Waals surface area contributed by atoms with E-state index in [0.717, 1.165) is 52.0 Å². The third kappa shape index (κ3) is 4.70. The fourth-order valence-corrected chi connectivity index (χ4v) is 3.89. The Morgan fingerprint density at radius 3 is 2.65 bits per heavy atom. The molecule has 1 aromatic carbocycles. The first-order chi connectivity index (χ1) is 16.6. The number of aromatic amines is 1. The Morgan fingerprint density at radius 2 is 1.82 bits per heavy atom. The summed E-state index contributed by atoms with van der Waals surface area (Å²) >= 11 is 0. The average molecular weight is 448 g/mol. The van der Waals surface area contributed by atoms with Gasteiger partial charge in [-0.2, -0.15) is 5.10 Å². The molecule has 0 atom stereocenters. The van der Waals surface area contributed by atoms with Gasteiger partial charge in [0, 0.05) is 49.8 Å². The fraction of sp³-hybridized carbons (Fsp3) is 0.200. The van der Waals surface area contributed by atoms with E-state index in [2.05, 4.69) is 39.1 Å². The molecule has 168 valence electrons. The minimum absolute atomic E-state index is 0.479. The Balaban J connectivity index is 1.39. The SMILES string of the molecule is [B]N(CCN(C)c1ccccc1)Cc1nc(-c2ccc3ncnn3c2)c(-c2cccc(C)n2)[nH]1. The third-order valence-corrected chi connectivity index (χ3v) is 5.72. The number of para-hydroxylation sites is 1. The predicted octanol–water partition coefficient (Wildman–Crippen LogP) is 3.51. The van der Waals surface area contributed by atoms with Crippen LogP contribution in [-0.4, -0.2) is 62.5 Å². The van der Waals surface area contributed by atoms with E-state index >= 15 is 0 Å². The van der Waals surface area contributed by atoms with Crippen molar-refractivity contribution in [1.29, 1.82) is 0 Å². The van der Waals surface area contributed by atoms with Crippen LogP contribution in [0.3, 0.4) is 0 Å². The van der Waals surface area contributed by atoms with Gasteiger partial charge in [0.25, 0.3) is 0 Å². The van der Waals surface area contributed by atoms with Crippen molar-refractivity contribution in [2.75, 3.05) is 25.0 Å². The molecule has 9 heteroatoms. The molecule has 0 aliphatic heterocycles. The molecule has 4 heterocycles. The fourth-order valence-electron chi connectivity index (χ4n) is 3.89. The van der Waals surface area contributed by atoms with Crippen molar-refractivity contribution < 1.29 is 0 Å². The maximum atomic E-state index is 6.36. The second-order valence-corrected chi connectivity index (χ2v) is 8.28. The molecular formula is C25H25BN8. The maximum Gasteiger partial charge on any atom is 0.183 e. The number of fused-ring (bicyclic) bond motifs is 1. The Hall–Kier alpha value is -3.98. The number of nitrogens with zero attached hydrogens (tertiary/aromatic N) is 7. The van der Waals surface area contributed by atoms with Crippen LogP contribution in [0.25, 0.3) is 28.3 Å². The van der Waals surface area contributed by atoms with E-state index < -0.39 is 0 Å². The molecule has 8 nitrogen and oxygen atoms in total. The van der Waals surface area contributed by atoms with Gasteiger partial charge in [-0.1, -0.05) is 24.3 Å². The molecule has 2 radical (unpaired) electrons. The summed E-state index contributed by atoms with van der Waals surface area (Å²) in [4.78, 5) is 21.3. The normalized spacial score (nSPS) is 11.4. The van der Waals surface area contributed by atoms with E-state index in [1.165, 1.54) is 6.33 Å². The van der Waals surface area contributed by atoms with Crippen LogP contribution in [0.5, 0.6) is 0 Å². The van der Waals surface area contributed by atoms with Gasteiger partial charge in [-0.15, -0.1) is 0 Å². The molecule has 0 bridgehead atoms. The van der Waals surface area contributed by atoms with Gasteiger partial charge in [-0.25, -0.2) is 14.5 Å². The number of benzene rings is 1. The van der Waals surface area contributed by atoms with E-state index in [1.807, 2.05) is 61.7 Å². The van der Waals surface area contributed by atoms with Crippen LogP contribution in [0.15, 0.2) is 73.2 Å². The van der Waals surface area contributed by atoms with E-state index in [0.29, 0.717) is 13.1 Å². The lowest BCUT2D eigenvalue weighted by Gasteiger charge is -2.23. The minimum atomic E-state index is 0.479. The highest BCUT2D eigenvalue weighted by atomic mass is 15.3. The number of pyridine rings is 2. The van der Waals surface area contributed by atoms with Crippen LogP contribution in [0.1, 0.15) is 11.5 Å². The van der Waals surface area contributed by atoms with Crippen LogP contribution in [0.4, 0.5) is 5.69 Å². The smallest absolute Gasteiger partial charge is 0.183 e. The minimum Gasteiger partial charge on any atom is -0.373 e. The molecular weight excluding hydrogens is 423 g/mol. The summed E-state index contributed by atoms with van der Waals surface area (Å²) in [6.07, 6.45) is 3.47. The first kappa shape index (κ1) is 21.8. The lowest BCUT2D eigenvalue weighted by Crippen LogP contribution is -2.31. The summed E-state index contributed by atoms with van der Waals surface area (Å²) in [7, 11) is 8.43. The highest BCUT2D eigenvalue weighted by Crippen LogP contribution is 2.29. The number of nitrogens with one attached hydrogen (secondary N) is 1. The molecule has 0 saturated heterocycles. The summed E-state index contributed by atoms with van der Waals surface area (Å²) in [5.41, 5.74) is 6.30. The molecule has 5 aromatic rings. The molecule has 0 amide bonds. The summed E-state index contributed by atoms with van der Waals surface area (Å²) in [6.45, 7) is 3.94. The van der Waals surface area contributed by atoms with Crippen LogP contribution >= 0.6 is 0 Å². The lowest BCUT2D eigenvalue weighted by molar-refractivity contribution is 0.444. The molecule has 0 fully saturated rings. The number of imidazole rings is 1. The Bertz CT molecular complexity index is 1390. The van der Waals surface area contributed by atoms with Gasteiger partial charge in [-0.05, 0) is 43.3 Å². The van der Waals surface area contributed by atoms with Gasteiger partial charge in [0.1, 0.15) is 12.2 Å². The van der Waals surface area contributed by atoms with E-state index in [9.17, 15) is 0 Å². The topological polar surface area (TPSA) is 78.2 Å². The zero-order chi connectivity index (χ0) is 23.5. The lowest BCUT2D eigenvalue weighted by atomic mass is 10.1. The van der Waals surface area contributed by atoms with Crippen molar-refractivity contribution in [2.45, 2.75) is 13.5 Å². The third-order valence-electron chi connectivity index (χ3n) is 5.72. The molecule has 4 aromatic heterocycles. The highest BCUT2D eigenvalue weighted by molar-refractivity contribution is 6.04. The standard InChI is InChI=1S/C25H25BN8/c1-18-7-6-10-21(29-18)25-24(19-11-12-23-27-17-28-34(23)15-19)30-22(31-25)16-33(26)14-13-32(2)20-8-4-3-5-9-20/h3-12,15,17H,13-14,16H2,1-2H3,(H,30,31). The zero-order valence-corrected chi connectivity index (χ0v) is 19.3. The molecule has 0 unspecified atom stereocenters. The van der Waals surface area contributed by atoms with Crippen molar-refractivity contribution in [2.24, 2.45) is 0 Å². The van der Waals surface area contributed by atoms with Crippen molar-refractivity contribution in [1.82, 2.24) is 34.4 Å². The Morgan fingerprint density at radius 1 is 0.971 bits per heavy atom. The number of anilines is 1. The molecule has 1 N–H and O–H groups in total. The largest absolute Gasteiger partial charge is 0.373 e. The zero-order valence-electron chi connectivity index (χ0n) is 19.3. The van der Waals surface area contributed by atoms with Crippen molar-refractivity contribution in [3.05, 3.63) is 84.7 Å². The van der Waals surface area contributed by atoms with Crippen LogP contribution in [0, 0.1) is 6.92 Å². The number of aromatic nitrogens is 6. The number of hydrogen-bond acceptors (Lipinski definition) is 6. The predicted molar refractivity (Wildman–Crippen MR) is 134 cm³/mol. The van der Waals surface area contributed by atoms with Crippen LogP contribution in [-0.2, 0) is 6.54 Å². The van der Waals surface area contributed by atoms with Crippen molar-refractivity contribution in [3.8, 4) is 22.6 Å². The number of rotatable bonds is 8. The van der Waals surface area contributed by atoms with E-state index in [-0.39, 0.29) is 0 Å². The van der Waals surface area contributed by atoms with Crippen LogP contribution < -0.4 is 4.90 Å². The van der Waals surface area contributed by atoms with Crippen LogP contribution in [0.2, 0.25) is 0 Å². The quantitative estimate of drug-likeness (QED) is 0.366. The van der Waals surface area contributed by atoms with Gasteiger partial charge in [-0.3, -0.25) is 4.98 Å². The number of hydrogen-bond donors (Lipinski definition) is 1. The molecule has 0 aliphatic rings. The van der Waals surface area contributed by atoms with Gasteiger partial charge in [0.2, 0.25) is 0 Å². The molecule has 34 heavy (non-hydrogen) atoms. The summed E-state index contributed by atoms with van der Waals surface area (Å²) in [5, 5.41) is 4.26. The molecule has 0 aliphatic carbocycles. The monoisotopic (exact) mass is 448 g/mol. The number of H-pyrrole nitrogens is 1. The second kappa shape index (κ2) is 9.48. The molecule has 0 spiro atoms. The van der Waals surface area contributed by atoms with Gasteiger partial charge >= 0.3 is 0 Å². The van der Waals surface area contributed by atoms with Gasteiger partial charge < -0.3 is 14.7 Å². The summed E-state index contributed by atoms with van der Waals surface area (Å²) in [6, 6.07) is 20.2. The highest BCUT2D eigenvalue weighted by Gasteiger charge is 2.17. The average Bonchev–Trinajstić information content (AvgIpc) is 3.49. The van der Waals surface area contributed by atoms with Crippen molar-refractivity contribution >= 4 is 19.3 Å². The first-order valence-electron chi connectivity index (χ1n) is 11.2. The first-order valence-corrected chi connectivity index (χ1v) is 11.2. The second-order valence-electron chi connectivity index (χ2n) is 8.28. The number of aryl methyl sites for hydroxylation is 1. The van der Waals surface area contributed by atoms with Gasteiger partial charge in [0.15, 0.2) is 13.6 Å². The van der Waals surface area contributed by atoms with Crippen molar-refractivity contribution in [3.63, 3.8) is 0 Å². The van der Waals surface area contributed by atoms with E-state index in [1.54, 1.807) is 9.33 Å². The molecule has 5 rings (SSSR count). The van der Waals surface area contributed by atoms with Gasteiger partial charge in [0.05, 0.1) is 17.1 Å². The molecule has 0 saturated carbocycles. The number of likely N-dealkylation sites (N-methyl/N-ethyl adjacent to an activating group) is 1.